The Bertz CT molecular complexity index is 362. The minimum Gasteiger partial charge on any atom is -0.385 e. The van der Waals surface area contributed by atoms with Crippen molar-refractivity contribution in [3.8, 4) is 0 Å². The maximum absolute atomic E-state index is 10.7. The van der Waals surface area contributed by atoms with Gasteiger partial charge >= 0.3 is 0 Å². The highest BCUT2D eigenvalue weighted by molar-refractivity contribution is 5.79. The summed E-state index contributed by atoms with van der Waals surface area (Å²) in [6, 6.07) is 6.86. The molecule has 16 heavy (non-hydrogen) atoms. The molecule has 2 atom stereocenters. The Hall–Kier alpha value is -1.59. The fourth-order valence-corrected chi connectivity index (χ4v) is 1.31. The Morgan fingerprint density at radius 3 is 2.12 bits per heavy atom. The lowest BCUT2D eigenvalue weighted by Crippen LogP contribution is -2.33. The number of aliphatic hydroxyl groups is 2. The van der Waals surface area contributed by atoms with Crippen molar-refractivity contribution in [1.29, 1.82) is 0 Å². The van der Waals surface area contributed by atoms with Crippen molar-refractivity contribution in [2.45, 2.75) is 12.2 Å². The summed E-state index contributed by atoms with van der Waals surface area (Å²) < 4.78 is 0. The number of carbonyl (C=O) groups excluding carboxylic acids is 1. The molecule has 2 unspecified atom stereocenters. The average molecular weight is 224 g/mol. The Kier molecular flexibility index (Phi) is 3.87. The maximum atomic E-state index is 10.7. The van der Waals surface area contributed by atoms with E-state index in [1.165, 1.54) is 0 Å². The van der Waals surface area contributed by atoms with Crippen LogP contribution in [0.3, 0.4) is 0 Å². The minimum atomic E-state index is -1.58. The van der Waals surface area contributed by atoms with E-state index >= 15 is 0 Å². The van der Waals surface area contributed by atoms with Gasteiger partial charge in [-0.05, 0) is 17.7 Å². The summed E-state index contributed by atoms with van der Waals surface area (Å²) in [7, 11) is 3.79. The first-order valence-corrected chi connectivity index (χ1v) is 4.86. The Balaban J connectivity index is 2.85. The molecule has 0 radical (unpaired) electrons. The zero-order valence-corrected chi connectivity index (χ0v) is 9.29. The van der Waals surface area contributed by atoms with E-state index in [2.05, 4.69) is 0 Å². The monoisotopic (exact) mass is 224 g/mol. The van der Waals surface area contributed by atoms with Crippen molar-refractivity contribution in [3.63, 3.8) is 0 Å². The number of primary amides is 1. The molecule has 0 aromatic heterocycles. The number of nitrogens with two attached hydrogens (primary N) is 1. The van der Waals surface area contributed by atoms with Gasteiger partial charge in [-0.15, -0.1) is 0 Å². The number of rotatable bonds is 4. The topological polar surface area (TPSA) is 86.8 Å². The Morgan fingerprint density at radius 1 is 1.25 bits per heavy atom. The lowest BCUT2D eigenvalue weighted by atomic mass is 10.0. The van der Waals surface area contributed by atoms with Gasteiger partial charge < -0.3 is 20.8 Å². The van der Waals surface area contributed by atoms with E-state index in [1.807, 2.05) is 19.0 Å². The Morgan fingerprint density at radius 2 is 1.75 bits per heavy atom. The molecule has 0 spiro atoms. The summed E-state index contributed by atoms with van der Waals surface area (Å²) in [5, 5.41) is 18.9. The molecule has 0 aliphatic heterocycles. The number of benzene rings is 1. The van der Waals surface area contributed by atoms with Gasteiger partial charge in [0.1, 0.15) is 6.10 Å². The first kappa shape index (κ1) is 12.5. The SMILES string of the molecule is CN(C)c1ccc(C(O)C(O)C(N)=O)cc1. The third-order valence-electron chi connectivity index (χ3n) is 2.34. The molecule has 1 aromatic carbocycles. The van der Waals surface area contributed by atoms with Crippen LogP contribution in [0.1, 0.15) is 11.7 Å². The molecule has 0 aliphatic carbocycles. The molecule has 0 saturated carbocycles. The fraction of sp³-hybridized carbons (Fsp3) is 0.364. The van der Waals surface area contributed by atoms with Crippen LogP contribution in [0, 0.1) is 0 Å². The maximum Gasteiger partial charge on any atom is 0.249 e. The summed E-state index contributed by atoms with van der Waals surface area (Å²) in [6.45, 7) is 0. The number of anilines is 1. The van der Waals surface area contributed by atoms with Gasteiger partial charge in [0.2, 0.25) is 5.91 Å². The van der Waals surface area contributed by atoms with Crippen LogP contribution in [-0.2, 0) is 4.79 Å². The van der Waals surface area contributed by atoms with Crippen molar-refractivity contribution >= 4 is 11.6 Å². The molecule has 1 amide bonds. The second kappa shape index (κ2) is 4.96. The summed E-state index contributed by atoms with van der Waals surface area (Å²) in [5.41, 5.74) is 6.31. The molecule has 88 valence electrons. The van der Waals surface area contributed by atoms with Gasteiger partial charge in [-0.2, -0.15) is 0 Å². The number of carbonyl (C=O) groups is 1. The van der Waals surface area contributed by atoms with E-state index in [0.29, 0.717) is 5.56 Å². The predicted octanol–water partition coefficient (Wildman–Crippen LogP) is -0.368. The smallest absolute Gasteiger partial charge is 0.249 e. The quantitative estimate of drug-likeness (QED) is 0.651. The van der Waals surface area contributed by atoms with Crippen LogP contribution >= 0.6 is 0 Å². The van der Waals surface area contributed by atoms with Gasteiger partial charge in [0.05, 0.1) is 0 Å². The number of hydrogen-bond donors (Lipinski definition) is 3. The molecule has 0 bridgehead atoms. The van der Waals surface area contributed by atoms with E-state index in [1.54, 1.807) is 24.3 Å². The normalized spacial score (nSPS) is 14.2. The van der Waals surface area contributed by atoms with Crippen LogP contribution in [0.2, 0.25) is 0 Å². The molecule has 5 nitrogen and oxygen atoms in total. The molecule has 1 aromatic rings. The van der Waals surface area contributed by atoms with Gasteiger partial charge in [-0.3, -0.25) is 4.79 Å². The lowest BCUT2D eigenvalue weighted by molar-refractivity contribution is -0.131. The van der Waals surface area contributed by atoms with Crippen LogP contribution in [-0.4, -0.2) is 36.3 Å². The summed E-state index contributed by atoms with van der Waals surface area (Å²) in [6.07, 6.45) is -2.86. The molecule has 0 fully saturated rings. The van der Waals surface area contributed by atoms with E-state index in [9.17, 15) is 15.0 Å². The molecule has 0 saturated heterocycles. The number of hydrogen-bond acceptors (Lipinski definition) is 4. The number of amides is 1. The lowest BCUT2D eigenvalue weighted by Gasteiger charge is -2.17. The van der Waals surface area contributed by atoms with Crippen LogP contribution in [0.25, 0.3) is 0 Å². The predicted molar refractivity (Wildman–Crippen MR) is 60.9 cm³/mol. The second-order valence-corrected chi connectivity index (χ2v) is 3.78. The third-order valence-corrected chi connectivity index (χ3v) is 2.34. The van der Waals surface area contributed by atoms with E-state index < -0.39 is 18.1 Å². The summed E-state index contributed by atoms with van der Waals surface area (Å²) >= 11 is 0. The standard InChI is InChI=1S/C11H16N2O3/c1-13(2)8-5-3-7(4-6-8)9(14)10(15)11(12)16/h3-6,9-10,14-15H,1-2H3,(H2,12,16). The largest absolute Gasteiger partial charge is 0.385 e. The molecule has 5 heteroatoms. The molecule has 4 N–H and O–H groups in total. The highest BCUT2D eigenvalue weighted by atomic mass is 16.3. The van der Waals surface area contributed by atoms with Crippen molar-refractivity contribution < 1.29 is 15.0 Å². The van der Waals surface area contributed by atoms with Crippen LogP contribution < -0.4 is 10.6 Å². The van der Waals surface area contributed by atoms with Crippen LogP contribution in [0.15, 0.2) is 24.3 Å². The van der Waals surface area contributed by atoms with E-state index in [-0.39, 0.29) is 0 Å². The summed E-state index contributed by atoms with van der Waals surface area (Å²) in [5.74, 6) is -0.941. The van der Waals surface area contributed by atoms with Crippen LogP contribution in [0.4, 0.5) is 5.69 Å². The highest BCUT2D eigenvalue weighted by Crippen LogP contribution is 2.20. The Labute approximate surface area is 94.1 Å². The average Bonchev–Trinajstić information content (AvgIpc) is 2.27. The molecule has 0 aliphatic rings. The van der Waals surface area contributed by atoms with E-state index in [4.69, 9.17) is 5.73 Å². The zero-order valence-electron chi connectivity index (χ0n) is 9.29. The van der Waals surface area contributed by atoms with Crippen molar-refractivity contribution in [1.82, 2.24) is 0 Å². The van der Waals surface area contributed by atoms with Crippen molar-refractivity contribution in [2.75, 3.05) is 19.0 Å². The van der Waals surface area contributed by atoms with Gasteiger partial charge in [-0.1, -0.05) is 12.1 Å². The zero-order chi connectivity index (χ0) is 12.3. The van der Waals surface area contributed by atoms with Gasteiger partial charge in [0.15, 0.2) is 6.10 Å². The number of aliphatic hydroxyl groups excluding tert-OH is 2. The van der Waals surface area contributed by atoms with E-state index in [0.717, 1.165) is 5.69 Å². The molecular formula is C11H16N2O3. The first-order valence-electron chi connectivity index (χ1n) is 4.86. The highest BCUT2D eigenvalue weighted by Gasteiger charge is 2.23. The van der Waals surface area contributed by atoms with Gasteiger partial charge in [-0.25, -0.2) is 0 Å². The third kappa shape index (κ3) is 2.71. The second-order valence-electron chi connectivity index (χ2n) is 3.78. The fourth-order valence-electron chi connectivity index (χ4n) is 1.31. The van der Waals surface area contributed by atoms with Crippen LogP contribution in [0.5, 0.6) is 0 Å². The van der Waals surface area contributed by atoms with Gasteiger partial charge in [0.25, 0.3) is 0 Å². The number of nitrogens with zero attached hydrogens (tertiary/aromatic N) is 1. The molecule has 0 heterocycles. The molecule has 1 rings (SSSR count). The first-order chi connectivity index (χ1) is 7.43. The minimum absolute atomic E-state index is 0.455. The van der Waals surface area contributed by atoms with Crippen molar-refractivity contribution in [3.05, 3.63) is 29.8 Å². The van der Waals surface area contributed by atoms with Gasteiger partial charge in [0, 0.05) is 19.8 Å². The summed E-state index contributed by atoms with van der Waals surface area (Å²) in [4.78, 5) is 12.6. The van der Waals surface area contributed by atoms with Crippen molar-refractivity contribution in [2.24, 2.45) is 5.73 Å². The molecular weight excluding hydrogens is 208 g/mol.